The van der Waals surface area contributed by atoms with E-state index in [1.165, 1.54) is 5.69 Å². The average molecular weight is 862 g/mol. The number of azo groups is 1. The fraction of sp³-hybridized carbons (Fsp3) is 0.390. The fourth-order valence-electron chi connectivity index (χ4n) is 6.44. The van der Waals surface area contributed by atoms with Crippen molar-refractivity contribution in [1.29, 1.82) is 5.26 Å². The molecular formula is C41H51IN8O3P+. The Hall–Kier alpha value is -3.83. The van der Waals surface area contributed by atoms with Crippen LogP contribution in [0.1, 0.15) is 48.0 Å². The van der Waals surface area contributed by atoms with Crippen LogP contribution < -0.4 is 14.4 Å². The highest BCUT2D eigenvalue weighted by molar-refractivity contribution is 14.1. The van der Waals surface area contributed by atoms with Gasteiger partial charge in [0, 0.05) is 73.9 Å². The molecule has 0 saturated carbocycles. The Morgan fingerprint density at radius 3 is 1.98 bits per heavy atom. The summed E-state index contributed by atoms with van der Waals surface area (Å²) in [5.41, 5.74) is 8.54. The van der Waals surface area contributed by atoms with Crippen molar-refractivity contribution in [1.82, 2.24) is 9.65 Å². The van der Waals surface area contributed by atoms with Gasteiger partial charge >= 0.3 is 0 Å². The highest BCUT2D eigenvalue weighted by Crippen LogP contribution is 2.46. The van der Waals surface area contributed by atoms with Gasteiger partial charge in [-0.05, 0) is 90.1 Å². The lowest BCUT2D eigenvalue weighted by Crippen LogP contribution is -2.35. The van der Waals surface area contributed by atoms with Gasteiger partial charge in [0.15, 0.2) is 0 Å². The van der Waals surface area contributed by atoms with Crippen LogP contribution in [0.2, 0.25) is 0 Å². The SMILES string of the molecule is CCN(CC)c1ccc2nc3ccc(/N=N/c4ccc(N(CCOI)CCOP(OCCC#N)N(C(C)C)C(C)C)cc4)cc3[n+](-c3ccccc3)c2c1. The average Bonchev–Trinajstić information content (AvgIpc) is 3.18. The van der Waals surface area contributed by atoms with Crippen LogP contribution in [0.25, 0.3) is 27.8 Å². The molecule has 5 aromatic rings. The molecule has 0 aliphatic carbocycles. The lowest BCUT2D eigenvalue weighted by Gasteiger charge is -2.36. The smallest absolute Gasteiger partial charge is 0.259 e. The molecule has 0 aliphatic heterocycles. The van der Waals surface area contributed by atoms with Gasteiger partial charge in [-0.2, -0.15) is 15.5 Å². The van der Waals surface area contributed by atoms with Crippen LogP contribution in [0, 0.1) is 11.3 Å². The van der Waals surface area contributed by atoms with Crippen LogP contribution >= 0.6 is 31.5 Å². The Morgan fingerprint density at radius 2 is 1.33 bits per heavy atom. The number of fused-ring (bicyclic) bond motifs is 2. The number of halogens is 1. The number of aromatic nitrogens is 2. The van der Waals surface area contributed by atoms with Crippen molar-refractivity contribution in [3.63, 3.8) is 0 Å². The standard InChI is InChI=1S/C41H51IN8O3P/c1-7-47(8-2)37-20-22-39-41(30-37)49(36-13-10-9-11-14-36)40-29-34(17-21-38(40)44-39)46-45-33-15-18-35(19-16-33)48(24-27-51-42)25-28-53-54(52-26-12-23-43)50(31(3)4)32(5)6/h9-11,13-22,29-32H,7-8,12,24-28H2,1-6H3/q+1. The predicted molar refractivity (Wildman–Crippen MR) is 228 cm³/mol. The Labute approximate surface area is 335 Å². The lowest BCUT2D eigenvalue weighted by atomic mass is 10.1. The Bertz CT molecular complexity index is 2000. The van der Waals surface area contributed by atoms with Gasteiger partial charge in [0.05, 0.1) is 43.7 Å². The number of hydrogen-bond donors (Lipinski definition) is 0. The van der Waals surface area contributed by atoms with Gasteiger partial charge in [-0.25, -0.2) is 9.65 Å². The first-order chi connectivity index (χ1) is 26.3. The number of anilines is 2. The molecule has 13 heteroatoms. The molecular weight excluding hydrogens is 810 g/mol. The zero-order chi connectivity index (χ0) is 38.5. The summed E-state index contributed by atoms with van der Waals surface area (Å²) in [6.07, 6.45) is 0.329. The summed E-state index contributed by atoms with van der Waals surface area (Å²) in [4.78, 5) is 9.61. The fourth-order valence-corrected chi connectivity index (χ4v) is 8.21. The van der Waals surface area contributed by atoms with Crippen LogP contribution in [0.4, 0.5) is 22.7 Å². The molecule has 0 amide bonds. The molecule has 5 rings (SSSR count). The van der Waals surface area contributed by atoms with E-state index >= 15 is 0 Å². The largest absolute Gasteiger partial charge is 0.372 e. The van der Waals surface area contributed by atoms with Crippen molar-refractivity contribution in [3.8, 4) is 11.8 Å². The molecule has 11 nitrogen and oxygen atoms in total. The maximum atomic E-state index is 9.05. The molecule has 0 bridgehead atoms. The monoisotopic (exact) mass is 861 g/mol. The van der Waals surface area contributed by atoms with Crippen molar-refractivity contribution in [2.45, 2.75) is 60.0 Å². The molecule has 0 fully saturated rings. The zero-order valence-corrected chi connectivity index (χ0v) is 35.2. The Morgan fingerprint density at radius 1 is 0.741 bits per heavy atom. The molecule has 4 aromatic carbocycles. The molecule has 0 N–H and O–H groups in total. The maximum Gasteiger partial charge on any atom is 0.259 e. The molecule has 0 aliphatic rings. The first-order valence-corrected chi connectivity index (χ1v) is 20.6. The highest BCUT2D eigenvalue weighted by atomic mass is 127. The second-order valence-corrected chi connectivity index (χ2v) is 15.3. The summed E-state index contributed by atoms with van der Waals surface area (Å²) in [6.45, 7) is 17.5. The third-order valence-corrected chi connectivity index (χ3v) is 11.5. The minimum atomic E-state index is -1.31. The summed E-state index contributed by atoms with van der Waals surface area (Å²) in [5, 5.41) is 18.3. The van der Waals surface area contributed by atoms with Gasteiger partial charge in [-0.1, -0.05) is 18.2 Å². The number of rotatable bonds is 20. The van der Waals surface area contributed by atoms with Gasteiger partial charge in [-0.3, -0.25) is 0 Å². The van der Waals surface area contributed by atoms with E-state index in [1.54, 1.807) is 0 Å². The van der Waals surface area contributed by atoms with Crippen LogP contribution in [0.3, 0.4) is 0 Å². The van der Waals surface area contributed by atoms with Gasteiger partial charge in [0.1, 0.15) is 34.0 Å². The second-order valence-electron chi connectivity index (χ2n) is 13.2. The van der Waals surface area contributed by atoms with Gasteiger partial charge in [0.25, 0.3) is 8.53 Å². The molecule has 1 heterocycles. The van der Waals surface area contributed by atoms with E-state index in [0.29, 0.717) is 39.3 Å². The summed E-state index contributed by atoms with van der Waals surface area (Å²) in [6, 6.07) is 33.6. The number of nitrogens with zero attached hydrogens (tertiary/aromatic N) is 8. The Balaban J connectivity index is 1.37. The minimum Gasteiger partial charge on any atom is -0.372 e. The van der Waals surface area contributed by atoms with Crippen molar-refractivity contribution in [3.05, 3.63) is 91.0 Å². The summed E-state index contributed by atoms with van der Waals surface area (Å²) in [5.74, 6) is 0. The van der Waals surface area contributed by atoms with Crippen LogP contribution in [0.15, 0.2) is 101 Å². The van der Waals surface area contributed by atoms with Gasteiger partial charge in [-0.15, -0.1) is 4.57 Å². The van der Waals surface area contributed by atoms with Crippen LogP contribution in [-0.2, 0) is 12.1 Å². The molecule has 284 valence electrons. The summed E-state index contributed by atoms with van der Waals surface area (Å²) >= 11 is 1.93. The van der Waals surface area contributed by atoms with Gasteiger partial charge < -0.3 is 21.9 Å². The maximum absolute atomic E-state index is 9.05. The second kappa shape index (κ2) is 20.7. The number of benzene rings is 4. The summed E-state index contributed by atoms with van der Waals surface area (Å²) < 4.78 is 22.4. The highest BCUT2D eigenvalue weighted by Gasteiger charge is 2.27. The van der Waals surface area contributed by atoms with E-state index in [2.05, 4.69) is 138 Å². The van der Waals surface area contributed by atoms with E-state index < -0.39 is 8.53 Å². The molecule has 0 spiro atoms. The van der Waals surface area contributed by atoms with Gasteiger partial charge in [0.2, 0.25) is 16.7 Å². The summed E-state index contributed by atoms with van der Waals surface area (Å²) in [7, 11) is -1.31. The molecule has 1 aromatic heterocycles. The first kappa shape index (κ1) is 41.3. The topological polar surface area (TPSA) is 103 Å². The molecule has 0 saturated heterocycles. The quantitative estimate of drug-likeness (QED) is 0.0190. The minimum absolute atomic E-state index is 0.241. The first-order valence-electron chi connectivity index (χ1n) is 18.6. The third-order valence-electron chi connectivity index (χ3n) is 8.94. The predicted octanol–water partition coefficient (Wildman–Crippen LogP) is 10.4. The lowest BCUT2D eigenvalue weighted by molar-refractivity contribution is -0.538. The zero-order valence-electron chi connectivity index (χ0n) is 32.1. The van der Waals surface area contributed by atoms with E-state index in [9.17, 15) is 0 Å². The molecule has 1 unspecified atom stereocenters. The van der Waals surface area contributed by atoms with Crippen LogP contribution in [0.5, 0.6) is 0 Å². The molecule has 1 atom stereocenters. The van der Waals surface area contributed by atoms with Crippen molar-refractivity contribution < 1.29 is 16.7 Å². The molecule has 54 heavy (non-hydrogen) atoms. The van der Waals surface area contributed by atoms with E-state index in [-0.39, 0.29) is 12.1 Å². The van der Waals surface area contributed by atoms with Crippen molar-refractivity contribution in [2.24, 2.45) is 10.2 Å². The van der Waals surface area contributed by atoms with E-state index in [4.69, 9.17) is 22.4 Å². The molecule has 0 radical (unpaired) electrons. The van der Waals surface area contributed by atoms with E-state index in [0.717, 1.165) is 57.9 Å². The number of hydrogen-bond acceptors (Lipinski definition) is 10. The van der Waals surface area contributed by atoms with E-state index in [1.807, 2.05) is 53.3 Å². The normalized spacial score (nSPS) is 12.4. The van der Waals surface area contributed by atoms with Crippen molar-refractivity contribution in [2.75, 3.05) is 55.8 Å². The Kier molecular flexibility index (Phi) is 15.9. The van der Waals surface area contributed by atoms with Crippen LogP contribution in [-0.4, -0.2) is 67.7 Å². The number of nitriles is 1. The van der Waals surface area contributed by atoms with Crippen molar-refractivity contribution >= 4 is 76.3 Å². The number of para-hydroxylation sites is 1. The third kappa shape index (κ3) is 10.7.